The van der Waals surface area contributed by atoms with E-state index in [0.717, 1.165) is 26.5 Å². The normalized spacial score (nSPS) is 11.4. The highest BCUT2D eigenvalue weighted by Gasteiger charge is 2.17. The molecule has 4 heteroatoms. The molecular weight excluding hydrogens is 518 g/mol. The Bertz CT molecular complexity index is 1880. The second-order valence-corrected chi connectivity index (χ2v) is 9.86. The summed E-state index contributed by atoms with van der Waals surface area (Å²) in [7, 11) is 0. The van der Waals surface area contributed by atoms with E-state index in [4.69, 9.17) is 15.0 Å². The summed E-state index contributed by atoms with van der Waals surface area (Å²) in [4.78, 5) is 14.9. The third kappa shape index (κ3) is 3.78. The molecule has 0 bridgehead atoms. The fraction of sp³-hybridized carbons (Fsp3) is 0. The van der Waals surface area contributed by atoms with Crippen LogP contribution in [0.2, 0.25) is 0 Å². The van der Waals surface area contributed by atoms with Crippen molar-refractivity contribution in [3.63, 3.8) is 0 Å². The molecule has 0 aliphatic rings. The van der Waals surface area contributed by atoms with Crippen LogP contribution in [0.1, 0.15) is 0 Å². The van der Waals surface area contributed by atoms with Gasteiger partial charge in [-0.05, 0) is 44.5 Å². The Hall–Kier alpha value is -4.41. The number of nitrogens with zero attached hydrogens (tertiary/aromatic N) is 3. The summed E-state index contributed by atoms with van der Waals surface area (Å²) < 4.78 is 1.09. The van der Waals surface area contributed by atoms with Crippen LogP contribution in [0.15, 0.2) is 126 Å². The van der Waals surface area contributed by atoms with Crippen LogP contribution in [0.4, 0.5) is 0 Å². The molecule has 0 radical (unpaired) electrons. The molecule has 0 aliphatic carbocycles. The summed E-state index contributed by atoms with van der Waals surface area (Å²) in [5.74, 6) is 1.99. The molecule has 1 heterocycles. The number of hydrogen-bond donors (Lipinski definition) is 0. The van der Waals surface area contributed by atoms with Crippen LogP contribution < -0.4 is 0 Å². The minimum atomic E-state index is 0.661. The van der Waals surface area contributed by atoms with Gasteiger partial charge in [0.2, 0.25) is 0 Å². The first kappa shape index (κ1) is 21.8. The average Bonchev–Trinajstić information content (AvgIpc) is 2.98. The molecule has 1 aromatic heterocycles. The Morgan fingerprint density at radius 2 is 0.811 bits per heavy atom. The predicted octanol–water partition coefficient (Wildman–Crippen LogP) is 9.09. The molecule has 0 unspecified atom stereocenters. The summed E-state index contributed by atoms with van der Waals surface area (Å²) in [6.45, 7) is 0. The van der Waals surface area contributed by atoms with E-state index < -0.39 is 0 Å². The monoisotopic (exact) mass is 537 g/mol. The smallest absolute Gasteiger partial charge is 0.164 e. The van der Waals surface area contributed by atoms with Gasteiger partial charge in [-0.2, -0.15) is 0 Å². The minimum Gasteiger partial charge on any atom is -0.208 e. The first-order valence-electron chi connectivity index (χ1n) is 12.2. The molecule has 3 nitrogen and oxygen atoms in total. The Kier molecular flexibility index (Phi) is 5.26. The van der Waals surface area contributed by atoms with Crippen LogP contribution in [0.25, 0.3) is 66.5 Å². The van der Waals surface area contributed by atoms with Crippen molar-refractivity contribution in [3.05, 3.63) is 126 Å². The first-order valence-corrected chi connectivity index (χ1v) is 13.0. The van der Waals surface area contributed by atoms with E-state index in [1.54, 1.807) is 0 Å². The molecule has 0 saturated carbocycles. The van der Waals surface area contributed by atoms with Crippen molar-refractivity contribution in [2.45, 2.75) is 0 Å². The van der Waals surface area contributed by atoms with Gasteiger partial charge in [-0.25, -0.2) is 15.0 Å². The number of halogens is 1. The van der Waals surface area contributed by atoms with Crippen molar-refractivity contribution in [2.24, 2.45) is 0 Å². The number of aromatic nitrogens is 3. The highest BCUT2D eigenvalue weighted by molar-refractivity contribution is 9.10. The minimum absolute atomic E-state index is 0.661. The van der Waals surface area contributed by atoms with E-state index >= 15 is 0 Å². The van der Waals surface area contributed by atoms with E-state index in [1.807, 2.05) is 60.7 Å². The second kappa shape index (κ2) is 8.91. The Morgan fingerprint density at radius 3 is 1.41 bits per heavy atom. The quantitative estimate of drug-likeness (QED) is 0.211. The summed E-state index contributed by atoms with van der Waals surface area (Å²) in [5, 5.41) is 7.04. The van der Waals surface area contributed by atoms with Crippen molar-refractivity contribution in [2.75, 3.05) is 0 Å². The van der Waals surface area contributed by atoms with Crippen LogP contribution in [0, 0.1) is 0 Å². The van der Waals surface area contributed by atoms with Crippen LogP contribution in [0.5, 0.6) is 0 Å². The maximum atomic E-state index is 5.02. The van der Waals surface area contributed by atoms with Crippen molar-refractivity contribution < 1.29 is 0 Å². The lowest BCUT2D eigenvalue weighted by atomic mass is 9.93. The lowest BCUT2D eigenvalue weighted by Crippen LogP contribution is -2.00. The number of fused-ring (bicyclic) bond motifs is 5. The van der Waals surface area contributed by atoms with Gasteiger partial charge in [0.05, 0.1) is 0 Å². The van der Waals surface area contributed by atoms with Crippen molar-refractivity contribution in [1.82, 2.24) is 15.0 Å². The van der Waals surface area contributed by atoms with E-state index in [-0.39, 0.29) is 0 Å². The largest absolute Gasteiger partial charge is 0.208 e. The van der Waals surface area contributed by atoms with Gasteiger partial charge in [0, 0.05) is 21.2 Å². The molecule has 0 aliphatic heterocycles. The molecule has 0 fully saturated rings. The maximum Gasteiger partial charge on any atom is 0.164 e. The molecule has 0 amide bonds. The van der Waals surface area contributed by atoms with Crippen molar-refractivity contribution in [1.29, 1.82) is 0 Å². The zero-order valence-corrected chi connectivity index (χ0v) is 21.4. The first-order chi connectivity index (χ1) is 18.3. The maximum absolute atomic E-state index is 5.02. The van der Waals surface area contributed by atoms with Gasteiger partial charge in [-0.1, -0.05) is 125 Å². The summed E-state index contributed by atoms with van der Waals surface area (Å²) >= 11 is 3.81. The van der Waals surface area contributed by atoms with Crippen molar-refractivity contribution in [3.8, 4) is 34.2 Å². The number of hydrogen-bond acceptors (Lipinski definition) is 3. The van der Waals surface area contributed by atoms with Crippen LogP contribution >= 0.6 is 15.9 Å². The van der Waals surface area contributed by atoms with Gasteiger partial charge < -0.3 is 0 Å². The van der Waals surface area contributed by atoms with E-state index in [1.165, 1.54) is 26.9 Å². The van der Waals surface area contributed by atoms with E-state index in [9.17, 15) is 0 Å². The van der Waals surface area contributed by atoms with Gasteiger partial charge >= 0.3 is 0 Å². The van der Waals surface area contributed by atoms with Crippen LogP contribution in [-0.2, 0) is 0 Å². The topological polar surface area (TPSA) is 38.7 Å². The molecule has 0 saturated heterocycles. The predicted molar refractivity (Wildman–Crippen MR) is 156 cm³/mol. The molecular formula is C33H20BrN3. The van der Waals surface area contributed by atoms with Crippen molar-refractivity contribution >= 4 is 48.2 Å². The molecule has 37 heavy (non-hydrogen) atoms. The van der Waals surface area contributed by atoms with Gasteiger partial charge in [0.15, 0.2) is 17.5 Å². The van der Waals surface area contributed by atoms with Gasteiger partial charge in [-0.3, -0.25) is 0 Å². The Morgan fingerprint density at radius 1 is 0.378 bits per heavy atom. The number of benzene rings is 6. The summed E-state index contributed by atoms with van der Waals surface area (Å²) in [5.41, 5.74) is 2.91. The molecule has 7 rings (SSSR count). The molecule has 0 N–H and O–H groups in total. The lowest BCUT2D eigenvalue weighted by Gasteiger charge is -2.14. The molecule has 174 valence electrons. The van der Waals surface area contributed by atoms with Gasteiger partial charge in [-0.15, -0.1) is 0 Å². The second-order valence-electron chi connectivity index (χ2n) is 9.01. The Labute approximate surface area is 222 Å². The highest BCUT2D eigenvalue weighted by atomic mass is 79.9. The third-order valence-corrected chi connectivity index (χ3v) is 7.43. The molecule has 7 aromatic rings. The van der Waals surface area contributed by atoms with Gasteiger partial charge in [0.25, 0.3) is 0 Å². The average molecular weight is 538 g/mol. The summed E-state index contributed by atoms with van der Waals surface area (Å²) in [6.07, 6.45) is 0. The lowest BCUT2D eigenvalue weighted by molar-refractivity contribution is 1.08. The standard InChI is InChI=1S/C33H20BrN3/c34-30-20-28-23-15-7-8-16-24(23)29(19-27(28)25-17-9-10-18-26(25)30)33-36-31(21-11-3-1-4-12-21)35-32(37-33)22-13-5-2-6-14-22/h1-20H. The molecule has 0 atom stereocenters. The Balaban J connectivity index is 1.59. The fourth-order valence-electron chi connectivity index (χ4n) is 5.02. The third-order valence-electron chi connectivity index (χ3n) is 6.77. The summed E-state index contributed by atoms with van der Waals surface area (Å²) in [6, 6.07) is 41.7. The zero-order chi connectivity index (χ0) is 24.8. The fourth-order valence-corrected chi connectivity index (χ4v) is 5.60. The number of rotatable bonds is 3. The highest BCUT2D eigenvalue weighted by Crippen LogP contribution is 2.40. The van der Waals surface area contributed by atoms with Crippen LogP contribution in [-0.4, -0.2) is 15.0 Å². The SMILES string of the molecule is Brc1cc2c3ccccc3c(-c3nc(-c4ccccc4)nc(-c4ccccc4)n3)cc2c2ccccc12. The molecule has 0 spiro atoms. The van der Waals surface area contributed by atoms with E-state index in [2.05, 4.69) is 76.6 Å². The zero-order valence-electron chi connectivity index (χ0n) is 19.8. The van der Waals surface area contributed by atoms with Gasteiger partial charge in [0.1, 0.15) is 0 Å². The van der Waals surface area contributed by atoms with Crippen LogP contribution in [0.3, 0.4) is 0 Å². The van der Waals surface area contributed by atoms with E-state index in [0.29, 0.717) is 17.5 Å². The molecule has 6 aromatic carbocycles.